The lowest BCUT2D eigenvalue weighted by molar-refractivity contribution is -0.154. The summed E-state index contributed by atoms with van der Waals surface area (Å²) in [5, 5.41) is 22.3. The first kappa shape index (κ1) is 39.2. The lowest BCUT2D eigenvalue weighted by Gasteiger charge is -2.21. The maximum atomic E-state index is 13.0. The van der Waals surface area contributed by atoms with Crippen molar-refractivity contribution in [3.05, 3.63) is 41.5 Å². The number of hydrogen-bond acceptors (Lipinski definition) is 9. The number of aromatic nitrogens is 1. The maximum Gasteiger partial charge on any atom is 0.363 e. The van der Waals surface area contributed by atoms with Crippen LogP contribution in [-0.4, -0.2) is 50.0 Å². The van der Waals surface area contributed by atoms with Gasteiger partial charge in [0, 0.05) is 25.0 Å². The average molecular weight is 659 g/mol. The van der Waals surface area contributed by atoms with Gasteiger partial charge in [-0.15, -0.1) is 4.73 Å². The van der Waals surface area contributed by atoms with Gasteiger partial charge in [0.15, 0.2) is 0 Å². The van der Waals surface area contributed by atoms with Crippen LogP contribution >= 0.6 is 0 Å². The van der Waals surface area contributed by atoms with Gasteiger partial charge in [0.1, 0.15) is 11.2 Å². The number of anilines is 1. The van der Waals surface area contributed by atoms with Gasteiger partial charge in [0.25, 0.3) is 0 Å². The summed E-state index contributed by atoms with van der Waals surface area (Å²) in [6.07, 6.45) is 13.7. The Morgan fingerprint density at radius 3 is 1.60 bits per heavy atom. The highest BCUT2D eigenvalue weighted by Crippen LogP contribution is 2.24. The fourth-order valence-corrected chi connectivity index (χ4v) is 4.84. The molecule has 0 aliphatic heterocycles. The number of carbonyl (C=O) groups is 4. The normalized spacial score (nSPS) is 11.6. The third-order valence-corrected chi connectivity index (χ3v) is 7.07. The molecule has 0 spiro atoms. The summed E-state index contributed by atoms with van der Waals surface area (Å²) in [5.41, 5.74) is -1.10. The number of esters is 2. The number of hydrogen-bond donors (Lipinski definition) is 3. The van der Waals surface area contributed by atoms with E-state index in [1.165, 1.54) is 50.3 Å². The molecule has 0 saturated heterocycles. The predicted molar refractivity (Wildman–Crippen MR) is 179 cm³/mol. The smallest absolute Gasteiger partial charge is 0.363 e. The second-order valence-corrected chi connectivity index (χ2v) is 13.9. The predicted octanol–water partition coefficient (Wildman–Crippen LogP) is 7.87. The molecule has 0 atom stereocenters. The van der Waals surface area contributed by atoms with Crippen molar-refractivity contribution < 1.29 is 43.7 Å². The first-order valence-corrected chi connectivity index (χ1v) is 16.8. The summed E-state index contributed by atoms with van der Waals surface area (Å²) in [4.78, 5) is 55.2. The molecule has 2 aromatic rings. The number of carbonyl (C=O) groups excluding carboxylic acids is 4. The van der Waals surface area contributed by atoms with Crippen LogP contribution in [0.2, 0.25) is 0 Å². The molecule has 11 heteroatoms. The summed E-state index contributed by atoms with van der Waals surface area (Å²) >= 11 is 0. The number of rotatable bonds is 19. The van der Waals surface area contributed by atoms with Gasteiger partial charge in [-0.05, 0) is 72.6 Å². The summed E-state index contributed by atoms with van der Waals surface area (Å²) < 4.78 is 11.4. The SMILES string of the molecule is CC(C)(C)OC(=O)CCCCCCCCCCCCCCC(=O)Nc1ccc(C(=O)On2c(O)ccc2O)cc1C(=O)OC(C)(C)C. The van der Waals surface area contributed by atoms with Crippen LogP contribution in [0.15, 0.2) is 30.3 Å². The van der Waals surface area contributed by atoms with Gasteiger partial charge in [-0.1, -0.05) is 64.2 Å². The van der Waals surface area contributed by atoms with Crippen molar-refractivity contribution in [1.82, 2.24) is 4.73 Å². The fourth-order valence-electron chi connectivity index (χ4n) is 4.84. The molecule has 0 aliphatic carbocycles. The number of benzene rings is 1. The van der Waals surface area contributed by atoms with Crippen LogP contribution in [0.25, 0.3) is 0 Å². The second kappa shape index (κ2) is 19.0. The summed E-state index contributed by atoms with van der Waals surface area (Å²) in [5.74, 6) is -3.00. The zero-order chi connectivity index (χ0) is 35.0. The molecule has 0 bridgehead atoms. The minimum absolute atomic E-state index is 0.0236. The minimum atomic E-state index is -0.943. The zero-order valence-corrected chi connectivity index (χ0v) is 29.0. The highest BCUT2D eigenvalue weighted by Gasteiger charge is 2.24. The Morgan fingerprint density at radius 1 is 0.638 bits per heavy atom. The van der Waals surface area contributed by atoms with E-state index in [0.717, 1.165) is 50.7 Å². The fraction of sp³-hybridized carbons (Fsp3) is 0.611. The topological polar surface area (TPSA) is 153 Å². The van der Waals surface area contributed by atoms with Gasteiger partial charge in [-0.2, -0.15) is 0 Å². The van der Waals surface area contributed by atoms with E-state index in [9.17, 15) is 29.4 Å². The van der Waals surface area contributed by atoms with E-state index in [4.69, 9.17) is 14.3 Å². The summed E-state index contributed by atoms with van der Waals surface area (Å²) in [6.45, 7) is 10.8. The Labute approximate surface area is 278 Å². The first-order valence-electron chi connectivity index (χ1n) is 16.8. The van der Waals surface area contributed by atoms with Crippen LogP contribution in [0.3, 0.4) is 0 Å². The Balaban J connectivity index is 1.70. The highest BCUT2D eigenvalue weighted by molar-refractivity contribution is 6.03. The molecule has 262 valence electrons. The van der Waals surface area contributed by atoms with Gasteiger partial charge in [0.05, 0.1) is 16.8 Å². The molecule has 1 amide bonds. The van der Waals surface area contributed by atoms with Crippen LogP contribution < -0.4 is 10.2 Å². The molecular formula is C36H54N2O9. The van der Waals surface area contributed by atoms with E-state index >= 15 is 0 Å². The Morgan fingerprint density at radius 2 is 1.11 bits per heavy atom. The molecular weight excluding hydrogens is 604 g/mol. The van der Waals surface area contributed by atoms with Crippen LogP contribution in [0, 0.1) is 0 Å². The molecule has 1 aromatic carbocycles. The molecule has 0 fully saturated rings. The number of nitrogens with one attached hydrogen (secondary N) is 1. The highest BCUT2D eigenvalue weighted by atomic mass is 16.7. The van der Waals surface area contributed by atoms with Crippen molar-refractivity contribution in [3.8, 4) is 11.8 Å². The third-order valence-electron chi connectivity index (χ3n) is 7.07. The molecule has 0 unspecified atom stereocenters. The number of nitrogens with zero attached hydrogens (tertiary/aromatic N) is 1. The third kappa shape index (κ3) is 15.9. The van der Waals surface area contributed by atoms with Gasteiger partial charge in [-0.25, -0.2) is 9.59 Å². The van der Waals surface area contributed by atoms with E-state index in [1.807, 2.05) is 20.8 Å². The zero-order valence-electron chi connectivity index (χ0n) is 29.0. The van der Waals surface area contributed by atoms with Crippen molar-refractivity contribution in [2.75, 3.05) is 5.32 Å². The average Bonchev–Trinajstić information content (AvgIpc) is 3.27. The van der Waals surface area contributed by atoms with Crippen LogP contribution in [0.1, 0.15) is 152 Å². The van der Waals surface area contributed by atoms with Gasteiger partial charge < -0.3 is 29.8 Å². The van der Waals surface area contributed by atoms with Crippen molar-refractivity contribution >= 4 is 29.5 Å². The molecule has 0 radical (unpaired) electrons. The molecule has 2 rings (SSSR count). The van der Waals surface area contributed by atoms with Gasteiger partial charge in [0.2, 0.25) is 17.7 Å². The van der Waals surface area contributed by atoms with Gasteiger partial charge >= 0.3 is 17.9 Å². The number of aromatic hydroxyl groups is 2. The van der Waals surface area contributed by atoms with Gasteiger partial charge in [-0.3, -0.25) is 9.59 Å². The van der Waals surface area contributed by atoms with Crippen LogP contribution in [0.5, 0.6) is 11.8 Å². The van der Waals surface area contributed by atoms with E-state index in [1.54, 1.807) is 20.8 Å². The molecule has 0 aliphatic rings. The Hall–Kier alpha value is -4.02. The van der Waals surface area contributed by atoms with Crippen molar-refractivity contribution in [3.63, 3.8) is 0 Å². The van der Waals surface area contributed by atoms with Crippen molar-refractivity contribution in [1.29, 1.82) is 0 Å². The minimum Gasteiger partial charge on any atom is -0.492 e. The lowest BCUT2D eigenvalue weighted by atomic mass is 10.0. The molecule has 47 heavy (non-hydrogen) atoms. The molecule has 1 aromatic heterocycles. The van der Waals surface area contributed by atoms with Crippen LogP contribution in [-0.2, 0) is 19.1 Å². The number of unbranched alkanes of at least 4 members (excludes halogenated alkanes) is 11. The largest absolute Gasteiger partial charge is 0.492 e. The van der Waals surface area contributed by atoms with E-state index in [0.29, 0.717) is 17.6 Å². The van der Waals surface area contributed by atoms with E-state index in [2.05, 4.69) is 5.32 Å². The lowest BCUT2D eigenvalue weighted by Crippen LogP contribution is -2.26. The number of amides is 1. The number of ether oxygens (including phenoxy) is 2. The van der Waals surface area contributed by atoms with E-state index in [-0.39, 0.29) is 35.1 Å². The maximum absolute atomic E-state index is 13.0. The summed E-state index contributed by atoms with van der Waals surface area (Å²) in [6, 6.07) is 6.34. The van der Waals surface area contributed by atoms with E-state index < -0.39 is 34.9 Å². The molecule has 0 saturated carbocycles. The molecule has 11 nitrogen and oxygen atoms in total. The van der Waals surface area contributed by atoms with Crippen LogP contribution in [0.4, 0.5) is 5.69 Å². The molecule has 3 N–H and O–H groups in total. The van der Waals surface area contributed by atoms with Crippen molar-refractivity contribution in [2.24, 2.45) is 0 Å². The van der Waals surface area contributed by atoms with Crippen molar-refractivity contribution in [2.45, 2.75) is 143 Å². The molecule has 1 heterocycles. The first-order chi connectivity index (χ1) is 22.1. The quantitative estimate of drug-likeness (QED) is 0.101. The Bertz CT molecular complexity index is 1300. The summed E-state index contributed by atoms with van der Waals surface area (Å²) in [7, 11) is 0. The second-order valence-electron chi connectivity index (χ2n) is 13.9. The standard InChI is InChI=1S/C36H54N2O9/c1-35(2,3)45-32(42)20-18-16-14-12-10-8-7-9-11-13-15-17-19-29(39)37-28-22-21-26(25-27(28)34(44)46-36(4,5)6)33(43)47-38-30(40)23-24-31(38)41/h21-25,40-41H,7-20H2,1-6H3,(H,37,39). The Kier molecular flexibility index (Phi) is 15.8. The monoisotopic (exact) mass is 658 g/mol.